The van der Waals surface area contributed by atoms with Crippen molar-refractivity contribution in [2.45, 2.75) is 3.92 Å². The van der Waals surface area contributed by atoms with Gasteiger partial charge in [-0.2, -0.15) is 0 Å². The highest BCUT2D eigenvalue weighted by Gasteiger charge is 2.20. The van der Waals surface area contributed by atoms with Gasteiger partial charge in [0.1, 0.15) is 23.0 Å². The van der Waals surface area contributed by atoms with Crippen LogP contribution in [-0.2, 0) is 0 Å². The lowest BCUT2D eigenvalue weighted by atomic mass is 9.97. The Morgan fingerprint density at radius 1 is 0.821 bits per heavy atom. The zero-order chi connectivity index (χ0) is 20.1. The Labute approximate surface area is 178 Å². The first-order valence-electron chi connectivity index (χ1n) is 8.68. The first-order chi connectivity index (χ1) is 13.5. The van der Waals surface area contributed by atoms with Gasteiger partial charge in [0.05, 0.1) is 18.1 Å². The fraction of sp³-hybridized carbons (Fsp3) is 0.130. The van der Waals surface area contributed by atoms with Gasteiger partial charge in [-0.05, 0) is 47.0 Å². The minimum Gasteiger partial charge on any atom is -0.508 e. The van der Waals surface area contributed by atoms with E-state index in [1.54, 1.807) is 38.5 Å². The molecule has 4 nitrogen and oxygen atoms in total. The van der Waals surface area contributed by atoms with Crippen LogP contribution in [0.5, 0.6) is 23.0 Å². The molecule has 5 heteroatoms. The molecular formula is C23H21IO4. The van der Waals surface area contributed by atoms with Crippen molar-refractivity contribution in [3.05, 3.63) is 82.9 Å². The molecule has 0 aromatic heterocycles. The molecule has 3 aromatic rings. The predicted octanol–water partition coefficient (Wildman–Crippen LogP) is 5.81. The molecule has 0 aliphatic heterocycles. The molecular weight excluding hydrogens is 467 g/mol. The Balaban J connectivity index is 2.08. The minimum absolute atomic E-state index is 0.0125. The van der Waals surface area contributed by atoms with Gasteiger partial charge in [0.2, 0.25) is 0 Å². The molecule has 0 fully saturated rings. The standard InChI is InChI=1S/C23H21IO4/c1-27-20-13-17(6-3-15-4-9-18(25)10-5-15)22(21(14-20)28-2)23(24)16-7-11-19(26)12-8-16/h3-14,23,25-26H,1-2H3/b6-3+. The van der Waals surface area contributed by atoms with Gasteiger partial charge in [0, 0.05) is 11.6 Å². The van der Waals surface area contributed by atoms with Crippen LogP contribution in [-0.4, -0.2) is 24.4 Å². The van der Waals surface area contributed by atoms with Crippen molar-refractivity contribution in [1.29, 1.82) is 0 Å². The Hall–Kier alpha value is -2.67. The van der Waals surface area contributed by atoms with Gasteiger partial charge < -0.3 is 19.7 Å². The molecule has 0 bridgehead atoms. The van der Waals surface area contributed by atoms with E-state index in [2.05, 4.69) is 22.6 Å². The second kappa shape index (κ2) is 9.01. The number of hydrogen-bond donors (Lipinski definition) is 2. The lowest BCUT2D eigenvalue weighted by Crippen LogP contribution is -2.01. The Morgan fingerprint density at radius 2 is 1.43 bits per heavy atom. The topological polar surface area (TPSA) is 58.9 Å². The predicted molar refractivity (Wildman–Crippen MR) is 121 cm³/mol. The van der Waals surface area contributed by atoms with Crippen molar-refractivity contribution in [2.75, 3.05) is 14.2 Å². The first-order valence-corrected chi connectivity index (χ1v) is 9.92. The quantitative estimate of drug-likeness (QED) is 0.261. The molecule has 0 radical (unpaired) electrons. The van der Waals surface area contributed by atoms with Crippen molar-refractivity contribution in [3.8, 4) is 23.0 Å². The van der Waals surface area contributed by atoms with E-state index in [-0.39, 0.29) is 15.4 Å². The van der Waals surface area contributed by atoms with Crippen LogP contribution >= 0.6 is 22.6 Å². The summed E-state index contributed by atoms with van der Waals surface area (Å²) in [6.07, 6.45) is 4.00. The van der Waals surface area contributed by atoms with Gasteiger partial charge >= 0.3 is 0 Å². The molecule has 1 unspecified atom stereocenters. The Bertz CT molecular complexity index is 963. The number of rotatable bonds is 6. The molecule has 0 spiro atoms. The fourth-order valence-corrected chi connectivity index (χ4v) is 3.98. The summed E-state index contributed by atoms with van der Waals surface area (Å²) < 4.78 is 11.1. The van der Waals surface area contributed by atoms with Gasteiger partial charge in [-0.1, -0.05) is 59.0 Å². The summed E-state index contributed by atoms with van der Waals surface area (Å²) in [6.45, 7) is 0. The van der Waals surface area contributed by atoms with Crippen molar-refractivity contribution in [1.82, 2.24) is 0 Å². The van der Waals surface area contributed by atoms with Crippen LogP contribution in [0, 0.1) is 0 Å². The summed E-state index contributed by atoms with van der Waals surface area (Å²) in [7, 11) is 3.27. The molecule has 144 valence electrons. The largest absolute Gasteiger partial charge is 0.508 e. The molecule has 0 saturated heterocycles. The Morgan fingerprint density at radius 3 is 2.00 bits per heavy atom. The van der Waals surface area contributed by atoms with E-state index < -0.39 is 0 Å². The maximum atomic E-state index is 9.59. The van der Waals surface area contributed by atoms with Crippen molar-refractivity contribution < 1.29 is 19.7 Å². The highest BCUT2D eigenvalue weighted by atomic mass is 127. The summed E-state index contributed by atoms with van der Waals surface area (Å²) in [5, 5.41) is 19.1. The number of halogens is 1. The number of aromatic hydroxyl groups is 2. The van der Waals surface area contributed by atoms with E-state index >= 15 is 0 Å². The van der Waals surface area contributed by atoms with Crippen molar-refractivity contribution in [2.24, 2.45) is 0 Å². The van der Waals surface area contributed by atoms with E-state index in [1.165, 1.54) is 0 Å². The zero-order valence-corrected chi connectivity index (χ0v) is 17.8. The van der Waals surface area contributed by atoms with E-state index in [0.717, 1.165) is 28.0 Å². The lowest BCUT2D eigenvalue weighted by Gasteiger charge is -2.19. The van der Waals surface area contributed by atoms with E-state index in [9.17, 15) is 10.2 Å². The maximum absolute atomic E-state index is 9.59. The van der Waals surface area contributed by atoms with Crippen LogP contribution in [0.3, 0.4) is 0 Å². The lowest BCUT2D eigenvalue weighted by molar-refractivity contribution is 0.391. The number of alkyl halides is 1. The number of benzene rings is 3. The molecule has 1 atom stereocenters. The molecule has 0 aliphatic carbocycles. The third-order valence-electron chi connectivity index (χ3n) is 4.39. The van der Waals surface area contributed by atoms with E-state index in [1.807, 2.05) is 48.6 Å². The first kappa shape index (κ1) is 20.1. The molecule has 0 aliphatic rings. The van der Waals surface area contributed by atoms with Gasteiger partial charge in [0.15, 0.2) is 0 Å². The number of ether oxygens (including phenoxy) is 2. The molecule has 2 N–H and O–H groups in total. The van der Waals surface area contributed by atoms with Crippen LogP contribution in [0.2, 0.25) is 0 Å². The monoisotopic (exact) mass is 488 g/mol. The van der Waals surface area contributed by atoms with Crippen molar-refractivity contribution in [3.63, 3.8) is 0 Å². The normalized spacial score (nSPS) is 12.1. The fourth-order valence-electron chi connectivity index (χ4n) is 2.90. The van der Waals surface area contributed by atoms with E-state index in [4.69, 9.17) is 9.47 Å². The molecule has 0 saturated carbocycles. The van der Waals surface area contributed by atoms with Crippen LogP contribution in [0.25, 0.3) is 12.2 Å². The number of phenolic OH excluding ortho intramolecular Hbond substituents is 2. The van der Waals surface area contributed by atoms with Crippen LogP contribution in [0.1, 0.15) is 26.2 Å². The van der Waals surface area contributed by atoms with Gasteiger partial charge in [-0.15, -0.1) is 0 Å². The molecule has 28 heavy (non-hydrogen) atoms. The maximum Gasteiger partial charge on any atom is 0.127 e. The van der Waals surface area contributed by atoms with Crippen LogP contribution < -0.4 is 9.47 Å². The highest BCUT2D eigenvalue weighted by Crippen LogP contribution is 2.42. The van der Waals surface area contributed by atoms with Gasteiger partial charge in [0.25, 0.3) is 0 Å². The summed E-state index contributed by atoms with van der Waals surface area (Å²) >= 11 is 2.37. The summed E-state index contributed by atoms with van der Waals surface area (Å²) in [5.74, 6) is 1.92. The van der Waals surface area contributed by atoms with Crippen LogP contribution in [0.4, 0.5) is 0 Å². The van der Waals surface area contributed by atoms with Crippen LogP contribution in [0.15, 0.2) is 60.7 Å². The number of methoxy groups -OCH3 is 2. The molecule has 3 rings (SSSR count). The van der Waals surface area contributed by atoms with Gasteiger partial charge in [-0.25, -0.2) is 0 Å². The second-order valence-corrected chi connectivity index (χ2v) is 7.46. The highest BCUT2D eigenvalue weighted by molar-refractivity contribution is 14.1. The average molecular weight is 488 g/mol. The minimum atomic E-state index is 0.0125. The van der Waals surface area contributed by atoms with Crippen molar-refractivity contribution >= 4 is 34.7 Å². The zero-order valence-electron chi connectivity index (χ0n) is 15.6. The second-order valence-electron chi connectivity index (χ2n) is 6.21. The number of phenols is 2. The average Bonchev–Trinajstić information content (AvgIpc) is 2.72. The molecule has 0 heterocycles. The van der Waals surface area contributed by atoms with Gasteiger partial charge in [-0.3, -0.25) is 0 Å². The third kappa shape index (κ3) is 4.59. The molecule has 0 amide bonds. The smallest absolute Gasteiger partial charge is 0.127 e. The Kier molecular flexibility index (Phi) is 6.46. The molecule has 3 aromatic carbocycles. The summed E-state index contributed by atoms with van der Waals surface area (Å²) in [5.41, 5.74) is 4.02. The summed E-state index contributed by atoms with van der Waals surface area (Å²) in [4.78, 5) is 0. The summed E-state index contributed by atoms with van der Waals surface area (Å²) in [6, 6.07) is 18.0. The van der Waals surface area contributed by atoms with E-state index in [0.29, 0.717) is 5.75 Å². The SMILES string of the molecule is COc1cc(/C=C/c2ccc(O)cc2)c(C(I)c2ccc(O)cc2)c(OC)c1. The number of hydrogen-bond acceptors (Lipinski definition) is 4. The third-order valence-corrected chi connectivity index (χ3v) is 5.73.